The molecule has 0 spiro atoms. The summed E-state index contributed by atoms with van der Waals surface area (Å²) in [5, 5.41) is 9.74. The summed E-state index contributed by atoms with van der Waals surface area (Å²) in [5.74, 6) is 0. The van der Waals surface area contributed by atoms with E-state index in [-0.39, 0.29) is 37.8 Å². The van der Waals surface area contributed by atoms with E-state index in [1.54, 1.807) is 0 Å². The zero-order valence-electron chi connectivity index (χ0n) is 12.6. The molecule has 3 fully saturated rings. The molecule has 5 unspecified atom stereocenters. The predicted molar refractivity (Wildman–Crippen MR) is 72.6 cm³/mol. The van der Waals surface area contributed by atoms with Crippen LogP contribution in [-0.2, 0) is 33.2 Å². The molecule has 0 aliphatic carbocycles. The molecular weight excluding hydrogens is 296 g/mol. The molecule has 8 nitrogen and oxygen atoms in total. The number of ether oxygens (including phenoxy) is 7. The highest BCUT2D eigenvalue weighted by Gasteiger charge is 2.29. The van der Waals surface area contributed by atoms with Crippen LogP contribution in [0.4, 0.5) is 0 Å². The molecule has 3 saturated heterocycles. The van der Waals surface area contributed by atoms with Crippen molar-refractivity contribution in [2.45, 2.75) is 30.7 Å². The van der Waals surface area contributed by atoms with Crippen molar-refractivity contribution in [3.05, 3.63) is 0 Å². The van der Waals surface area contributed by atoms with Crippen LogP contribution in [0.25, 0.3) is 0 Å². The summed E-state index contributed by atoms with van der Waals surface area (Å²) in [5.41, 5.74) is 0. The van der Waals surface area contributed by atoms with E-state index in [9.17, 15) is 5.11 Å². The molecule has 3 heterocycles. The second-order valence-electron chi connectivity index (χ2n) is 5.70. The van der Waals surface area contributed by atoms with Crippen LogP contribution in [0.5, 0.6) is 0 Å². The van der Waals surface area contributed by atoms with Crippen molar-refractivity contribution in [3.63, 3.8) is 0 Å². The van der Waals surface area contributed by atoms with Crippen LogP contribution in [0.15, 0.2) is 0 Å². The normalized spacial score (nSPS) is 31.8. The Hall–Kier alpha value is -0.320. The first-order valence-electron chi connectivity index (χ1n) is 7.71. The van der Waals surface area contributed by atoms with Crippen LogP contribution < -0.4 is 0 Å². The van der Waals surface area contributed by atoms with Gasteiger partial charge in [-0.2, -0.15) is 0 Å². The van der Waals surface area contributed by atoms with E-state index in [1.165, 1.54) is 0 Å². The van der Waals surface area contributed by atoms with Crippen LogP contribution in [0, 0.1) is 0 Å². The van der Waals surface area contributed by atoms with E-state index in [0.717, 1.165) is 13.2 Å². The summed E-state index contributed by atoms with van der Waals surface area (Å²) in [6.07, 6.45) is -0.581. The van der Waals surface area contributed by atoms with Gasteiger partial charge in [0.05, 0.1) is 52.9 Å². The predicted octanol–water partition coefficient (Wildman–Crippen LogP) is -1.06. The van der Waals surface area contributed by atoms with Crippen molar-refractivity contribution in [1.29, 1.82) is 0 Å². The Morgan fingerprint density at radius 3 is 1.95 bits per heavy atom. The monoisotopic (exact) mass is 320 g/mol. The number of aliphatic hydroxyl groups excluding tert-OH is 1. The molecule has 0 saturated carbocycles. The van der Waals surface area contributed by atoms with Gasteiger partial charge in [0.25, 0.3) is 0 Å². The lowest BCUT2D eigenvalue weighted by Gasteiger charge is -2.18. The molecule has 0 radical (unpaired) electrons. The Bertz CT molecular complexity index is 316. The second kappa shape index (κ2) is 8.51. The quantitative estimate of drug-likeness (QED) is 0.405. The van der Waals surface area contributed by atoms with Gasteiger partial charge < -0.3 is 38.3 Å². The van der Waals surface area contributed by atoms with Gasteiger partial charge in [-0.15, -0.1) is 0 Å². The minimum atomic E-state index is -0.655. The van der Waals surface area contributed by atoms with Crippen LogP contribution in [0.3, 0.4) is 0 Å². The highest BCUT2D eigenvalue weighted by atomic mass is 16.8. The average molecular weight is 320 g/mol. The molecular formula is C14H24O8. The van der Waals surface area contributed by atoms with Crippen molar-refractivity contribution >= 4 is 0 Å². The lowest BCUT2D eigenvalue weighted by Crippen LogP contribution is -2.30. The van der Waals surface area contributed by atoms with E-state index >= 15 is 0 Å². The summed E-state index contributed by atoms with van der Waals surface area (Å²) in [6, 6.07) is 0. The summed E-state index contributed by atoms with van der Waals surface area (Å²) in [4.78, 5) is 0. The van der Waals surface area contributed by atoms with Gasteiger partial charge in [-0.25, -0.2) is 0 Å². The average Bonchev–Trinajstić information content (AvgIpc) is 3.35. The number of hydrogen-bond donors (Lipinski definition) is 1. The Kier molecular flexibility index (Phi) is 6.40. The van der Waals surface area contributed by atoms with Crippen LogP contribution in [0.1, 0.15) is 0 Å². The molecule has 0 amide bonds. The maximum Gasteiger partial charge on any atom is 0.181 e. The zero-order valence-corrected chi connectivity index (χ0v) is 12.6. The van der Waals surface area contributed by atoms with Crippen LogP contribution in [0.2, 0.25) is 0 Å². The molecule has 3 aliphatic heterocycles. The third-order valence-corrected chi connectivity index (χ3v) is 3.29. The summed E-state index contributed by atoms with van der Waals surface area (Å²) < 4.78 is 37.1. The third kappa shape index (κ3) is 7.30. The van der Waals surface area contributed by atoms with Crippen molar-refractivity contribution < 1.29 is 38.3 Å². The number of epoxide rings is 3. The van der Waals surface area contributed by atoms with E-state index < -0.39 is 6.10 Å². The van der Waals surface area contributed by atoms with Gasteiger partial charge >= 0.3 is 0 Å². The Balaban J connectivity index is 1.22. The molecule has 1 N–H and O–H groups in total. The molecule has 0 bridgehead atoms. The van der Waals surface area contributed by atoms with Gasteiger partial charge in [0.2, 0.25) is 0 Å². The molecule has 8 heteroatoms. The molecule has 5 atom stereocenters. The van der Waals surface area contributed by atoms with Crippen molar-refractivity contribution in [3.8, 4) is 0 Å². The lowest BCUT2D eigenvalue weighted by atomic mass is 10.3. The highest BCUT2D eigenvalue weighted by molar-refractivity contribution is 4.70. The SMILES string of the molecule is OC(COCC1CO1)COCC(COCC1CO1)OC1CO1. The first kappa shape index (κ1) is 16.5. The zero-order chi connectivity index (χ0) is 15.2. The van der Waals surface area contributed by atoms with Gasteiger partial charge in [-0.3, -0.25) is 0 Å². The van der Waals surface area contributed by atoms with Crippen LogP contribution in [-0.4, -0.2) is 95.3 Å². The second-order valence-corrected chi connectivity index (χ2v) is 5.70. The molecule has 0 aromatic heterocycles. The molecule has 22 heavy (non-hydrogen) atoms. The van der Waals surface area contributed by atoms with E-state index in [0.29, 0.717) is 33.0 Å². The van der Waals surface area contributed by atoms with Crippen molar-refractivity contribution in [2.24, 2.45) is 0 Å². The minimum absolute atomic E-state index is 0.152. The van der Waals surface area contributed by atoms with E-state index in [1.807, 2.05) is 0 Å². The molecule has 0 aromatic rings. The van der Waals surface area contributed by atoms with Crippen molar-refractivity contribution in [1.82, 2.24) is 0 Å². The topological polar surface area (TPSA) is 94.7 Å². The van der Waals surface area contributed by atoms with Gasteiger partial charge in [0, 0.05) is 0 Å². The lowest BCUT2D eigenvalue weighted by molar-refractivity contribution is -0.103. The molecule has 128 valence electrons. The van der Waals surface area contributed by atoms with Crippen molar-refractivity contribution in [2.75, 3.05) is 59.5 Å². The Morgan fingerprint density at radius 1 is 0.818 bits per heavy atom. The molecule has 3 rings (SSSR count). The van der Waals surface area contributed by atoms with Gasteiger partial charge in [0.1, 0.15) is 31.0 Å². The van der Waals surface area contributed by atoms with E-state index in [4.69, 9.17) is 33.2 Å². The maximum atomic E-state index is 9.74. The summed E-state index contributed by atoms with van der Waals surface area (Å²) >= 11 is 0. The number of hydrogen-bond acceptors (Lipinski definition) is 8. The smallest absolute Gasteiger partial charge is 0.181 e. The molecule has 0 aromatic carbocycles. The fraction of sp³-hybridized carbons (Fsp3) is 1.00. The Morgan fingerprint density at radius 2 is 1.36 bits per heavy atom. The van der Waals surface area contributed by atoms with Gasteiger partial charge in [0.15, 0.2) is 6.29 Å². The first-order valence-corrected chi connectivity index (χ1v) is 7.71. The standard InChI is InChI=1S/C14H24O8/c15-10(1-16-3-11-7-19-11)2-17-5-13(22-14-9-21-14)6-18-4-12-8-20-12/h10-15H,1-9H2. The summed E-state index contributed by atoms with van der Waals surface area (Å²) in [6.45, 7) is 4.44. The number of rotatable bonds is 14. The summed E-state index contributed by atoms with van der Waals surface area (Å²) in [7, 11) is 0. The van der Waals surface area contributed by atoms with Crippen LogP contribution >= 0.6 is 0 Å². The number of aliphatic hydroxyl groups is 1. The highest BCUT2D eigenvalue weighted by Crippen LogP contribution is 2.15. The minimum Gasteiger partial charge on any atom is -0.388 e. The van der Waals surface area contributed by atoms with Gasteiger partial charge in [-0.05, 0) is 0 Å². The fourth-order valence-corrected chi connectivity index (χ4v) is 1.84. The molecule has 3 aliphatic rings. The van der Waals surface area contributed by atoms with Gasteiger partial charge in [-0.1, -0.05) is 0 Å². The van der Waals surface area contributed by atoms with E-state index in [2.05, 4.69) is 0 Å². The largest absolute Gasteiger partial charge is 0.388 e. The first-order chi connectivity index (χ1) is 10.8. The maximum absolute atomic E-state index is 9.74. The third-order valence-electron chi connectivity index (χ3n) is 3.29. The fourth-order valence-electron chi connectivity index (χ4n) is 1.84. The Labute approximate surface area is 129 Å².